The molecule has 0 aliphatic heterocycles. The second-order valence-electron chi connectivity index (χ2n) is 7.56. The van der Waals surface area contributed by atoms with Crippen LogP contribution in [0.15, 0.2) is 83.3 Å². The molecule has 3 aromatic carbocycles. The molecular weight excluding hydrogens is 467 g/mol. The summed E-state index contributed by atoms with van der Waals surface area (Å²) in [5.41, 5.74) is -0.196. The highest BCUT2D eigenvalue weighted by Gasteiger charge is 2.42. The molecule has 0 aliphatic rings. The molecule has 170 valence electrons. The van der Waals surface area contributed by atoms with Crippen LogP contribution in [-0.2, 0) is 12.7 Å². The number of carbonyl (C=O) groups excluding carboxylic acids is 1. The summed E-state index contributed by atoms with van der Waals surface area (Å²) in [6, 6.07) is 21.4. The van der Waals surface area contributed by atoms with Crippen molar-refractivity contribution >= 4 is 28.3 Å². The van der Waals surface area contributed by atoms with Crippen molar-refractivity contribution in [1.29, 1.82) is 0 Å². The van der Waals surface area contributed by atoms with Crippen molar-refractivity contribution in [3.63, 3.8) is 0 Å². The number of nitrogens with zero attached hydrogens (tertiary/aromatic N) is 3. The number of hydrogen-bond acceptors (Lipinski definition) is 4. The highest BCUT2D eigenvalue weighted by molar-refractivity contribution is 6.30. The fourth-order valence-electron chi connectivity index (χ4n) is 3.88. The zero-order chi connectivity index (χ0) is 23.9. The third-order valence-corrected chi connectivity index (χ3v) is 5.61. The summed E-state index contributed by atoms with van der Waals surface area (Å²) >= 11 is 5.92. The van der Waals surface area contributed by atoms with Crippen molar-refractivity contribution < 1.29 is 22.4 Å². The quantitative estimate of drug-likeness (QED) is 0.264. The highest BCUT2D eigenvalue weighted by Crippen LogP contribution is 2.40. The molecule has 0 radical (unpaired) electrons. The molecular formula is C25H15ClF3N3O2. The van der Waals surface area contributed by atoms with Gasteiger partial charge in [0.1, 0.15) is 5.69 Å². The van der Waals surface area contributed by atoms with E-state index in [1.165, 1.54) is 6.07 Å². The van der Waals surface area contributed by atoms with E-state index in [1.54, 1.807) is 72.8 Å². The Bertz CT molecular complexity index is 1490. The maximum Gasteiger partial charge on any atom is 0.432 e. The van der Waals surface area contributed by atoms with E-state index in [0.29, 0.717) is 16.1 Å². The van der Waals surface area contributed by atoms with E-state index in [4.69, 9.17) is 16.0 Å². The van der Waals surface area contributed by atoms with Gasteiger partial charge in [0.25, 0.3) is 11.7 Å². The van der Waals surface area contributed by atoms with Crippen molar-refractivity contribution in [1.82, 2.24) is 14.8 Å². The third kappa shape index (κ3) is 3.97. The van der Waals surface area contributed by atoms with E-state index in [9.17, 15) is 18.0 Å². The summed E-state index contributed by atoms with van der Waals surface area (Å²) in [6.45, 7) is -0.112. The van der Waals surface area contributed by atoms with Gasteiger partial charge in [-0.05, 0) is 35.9 Å². The molecule has 0 amide bonds. The smallest absolute Gasteiger partial charge is 0.413 e. The van der Waals surface area contributed by atoms with Crippen molar-refractivity contribution in [3.05, 3.63) is 107 Å². The van der Waals surface area contributed by atoms with E-state index < -0.39 is 29.1 Å². The molecule has 0 fully saturated rings. The zero-order valence-corrected chi connectivity index (χ0v) is 18.1. The number of para-hydroxylation sites is 1. The fraction of sp³-hybridized carbons (Fsp3) is 0.0800. The van der Waals surface area contributed by atoms with Crippen LogP contribution in [0.1, 0.15) is 27.5 Å². The average molecular weight is 482 g/mol. The van der Waals surface area contributed by atoms with Crippen molar-refractivity contribution in [2.75, 3.05) is 0 Å². The van der Waals surface area contributed by atoms with Crippen molar-refractivity contribution in [2.45, 2.75) is 12.7 Å². The molecule has 0 atom stereocenters. The van der Waals surface area contributed by atoms with Crippen LogP contribution in [0.3, 0.4) is 0 Å². The predicted molar refractivity (Wildman–Crippen MR) is 121 cm³/mol. The Morgan fingerprint density at radius 3 is 2.29 bits per heavy atom. The van der Waals surface area contributed by atoms with Crippen LogP contribution >= 0.6 is 11.6 Å². The molecule has 0 unspecified atom stereocenters. The van der Waals surface area contributed by atoms with Gasteiger partial charge in [-0.15, -0.1) is 10.2 Å². The Labute approximate surface area is 196 Å². The van der Waals surface area contributed by atoms with Gasteiger partial charge in [-0.2, -0.15) is 13.2 Å². The maximum absolute atomic E-state index is 14.4. The first kappa shape index (κ1) is 21.9. The minimum Gasteiger partial charge on any atom is -0.413 e. The predicted octanol–water partition coefficient (Wildman–Crippen LogP) is 6.64. The minimum absolute atomic E-state index is 0.0439. The Balaban J connectivity index is 1.67. The monoisotopic (exact) mass is 481 g/mol. The first-order valence-corrected chi connectivity index (χ1v) is 10.6. The van der Waals surface area contributed by atoms with Crippen LogP contribution in [0.2, 0.25) is 5.02 Å². The van der Waals surface area contributed by atoms with Crippen LogP contribution in [0.25, 0.3) is 22.4 Å². The summed E-state index contributed by atoms with van der Waals surface area (Å²) in [5.74, 6) is -1.46. The summed E-state index contributed by atoms with van der Waals surface area (Å²) in [5, 5.41) is 8.21. The number of rotatable bonds is 5. The van der Waals surface area contributed by atoms with Gasteiger partial charge in [0.2, 0.25) is 5.89 Å². The van der Waals surface area contributed by atoms with Gasteiger partial charge in [-0.25, -0.2) is 0 Å². The van der Waals surface area contributed by atoms with Crippen LogP contribution in [0.4, 0.5) is 13.2 Å². The molecule has 0 saturated carbocycles. The maximum atomic E-state index is 14.4. The first-order valence-electron chi connectivity index (χ1n) is 10.2. The lowest BCUT2D eigenvalue weighted by atomic mass is 10.1. The molecule has 0 N–H and O–H groups in total. The molecule has 0 saturated heterocycles. The standard InChI is InChI=1S/C25H15ClF3N3O2/c26-17-12-10-15(11-13-17)14-32-19-9-5-4-8-18(19)20(22(32)25(27,28)29)21(33)24-31-30-23(34-24)16-6-2-1-3-7-16/h1-13H,14H2. The molecule has 0 aliphatic carbocycles. The number of benzene rings is 3. The van der Waals surface area contributed by atoms with Gasteiger partial charge in [0.15, 0.2) is 0 Å². The number of fused-ring (bicyclic) bond motifs is 1. The lowest BCUT2D eigenvalue weighted by molar-refractivity contribution is -0.143. The summed E-state index contributed by atoms with van der Waals surface area (Å²) < 4.78 is 49.8. The third-order valence-electron chi connectivity index (χ3n) is 5.36. The van der Waals surface area contributed by atoms with Crippen molar-refractivity contribution in [3.8, 4) is 11.5 Å². The molecule has 0 bridgehead atoms. The largest absolute Gasteiger partial charge is 0.432 e. The van der Waals surface area contributed by atoms with Crippen LogP contribution < -0.4 is 0 Å². The van der Waals surface area contributed by atoms with Gasteiger partial charge in [0.05, 0.1) is 5.56 Å². The zero-order valence-electron chi connectivity index (χ0n) is 17.4. The van der Waals surface area contributed by atoms with E-state index in [0.717, 1.165) is 4.57 Å². The summed E-state index contributed by atoms with van der Waals surface area (Å²) in [6.07, 6.45) is -4.82. The van der Waals surface area contributed by atoms with Gasteiger partial charge >= 0.3 is 6.18 Å². The minimum atomic E-state index is -4.82. The number of aromatic nitrogens is 3. The lowest BCUT2D eigenvalue weighted by Gasteiger charge is -2.14. The number of halogens is 4. The SMILES string of the molecule is O=C(c1nnc(-c2ccccc2)o1)c1c(C(F)(F)F)n(Cc2ccc(Cl)cc2)c2ccccc12. The number of ketones is 1. The second kappa shape index (κ2) is 8.46. The second-order valence-corrected chi connectivity index (χ2v) is 8.00. The Morgan fingerprint density at radius 2 is 1.59 bits per heavy atom. The highest BCUT2D eigenvalue weighted by atomic mass is 35.5. The molecule has 2 heterocycles. The fourth-order valence-corrected chi connectivity index (χ4v) is 4.01. The van der Waals surface area contributed by atoms with Crippen LogP contribution in [0.5, 0.6) is 0 Å². The Hall–Kier alpha value is -3.91. The first-order chi connectivity index (χ1) is 16.3. The Kier molecular flexibility index (Phi) is 5.45. The lowest BCUT2D eigenvalue weighted by Crippen LogP contribution is -2.18. The summed E-state index contributed by atoms with van der Waals surface area (Å²) in [4.78, 5) is 13.4. The van der Waals surface area contributed by atoms with Gasteiger partial charge < -0.3 is 8.98 Å². The van der Waals surface area contributed by atoms with Crippen LogP contribution in [-0.4, -0.2) is 20.5 Å². The van der Waals surface area contributed by atoms with E-state index >= 15 is 0 Å². The summed E-state index contributed by atoms with van der Waals surface area (Å²) in [7, 11) is 0. The van der Waals surface area contributed by atoms with Crippen LogP contribution in [0, 0.1) is 0 Å². The number of carbonyl (C=O) groups is 1. The number of alkyl halides is 3. The molecule has 9 heteroatoms. The normalized spacial score (nSPS) is 11.8. The molecule has 5 nitrogen and oxygen atoms in total. The molecule has 5 aromatic rings. The van der Waals surface area contributed by atoms with Gasteiger partial charge in [0, 0.05) is 28.0 Å². The molecule has 2 aromatic heterocycles. The molecule has 0 spiro atoms. The molecule has 34 heavy (non-hydrogen) atoms. The van der Waals surface area contributed by atoms with E-state index in [-0.39, 0.29) is 23.3 Å². The van der Waals surface area contributed by atoms with Gasteiger partial charge in [-0.1, -0.05) is 60.1 Å². The van der Waals surface area contributed by atoms with E-state index in [2.05, 4.69) is 10.2 Å². The Morgan fingerprint density at radius 1 is 0.912 bits per heavy atom. The van der Waals surface area contributed by atoms with E-state index in [1.807, 2.05) is 0 Å². The number of hydrogen-bond donors (Lipinski definition) is 0. The molecule has 5 rings (SSSR count). The topological polar surface area (TPSA) is 60.9 Å². The van der Waals surface area contributed by atoms with Crippen molar-refractivity contribution in [2.24, 2.45) is 0 Å². The van der Waals surface area contributed by atoms with Gasteiger partial charge in [-0.3, -0.25) is 4.79 Å². The average Bonchev–Trinajstić information content (AvgIpc) is 3.44.